The lowest BCUT2D eigenvalue weighted by Crippen LogP contribution is -2.18. The maximum atomic E-state index is 5.65. The van der Waals surface area contributed by atoms with Crippen molar-refractivity contribution in [3.63, 3.8) is 0 Å². The Hall–Kier alpha value is -1.44. The van der Waals surface area contributed by atoms with Gasteiger partial charge in [-0.15, -0.1) is 0 Å². The van der Waals surface area contributed by atoms with E-state index < -0.39 is 0 Å². The highest BCUT2D eigenvalue weighted by Gasteiger charge is 2.09. The number of rotatable bonds is 4. The van der Waals surface area contributed by atoms with Gasteiger partial charge in [-0.05, 0) is 38.3 Å². The quantitative estimate of drug-likeness (QED) is 0.794. The number of allylic oxidation sites excluding steroid dienone is 1. The third-order valence-electron chi connectivity index (χ3n) is 3.28. The van der Waals surface area contributed by atoms with Crippen LogP contribution in [0.25, 0.3) is 0 Å². The molecule has 0 heterocycles. The van der Waals surface area contributed by atoms with Crippen molar-refractivity contribution in [3.05, 3.63) is 36.4 Å². The normalized spacial score (nSPS) is 21.7. The zero-order chi connectivity index (χ0) is 12.6. The molecular formula is C16H23NO. The van der Waals surface area contributed by atoms with E-state index in [1.54, 1.807) is 0 Å². The van der Waals surface area contributed by atoms with E-state index in [2.05, 4.69) is 29.6 Å². The van der Waals surface area contributed by atoms with E-state index in [-0.39, 0.29) is 0 Å². The van der Waals surface area contributed by atoms with Crippen molar-refractivity contribution < 1.29 is 4.74 Å². The third-order valence-corrected chi connectivity index (χ3v) is 3.28. The fraction of sp³-hybridized carbons (Fsp3) is 0.500. The van der Waals surface area contributed by atoms with Gasteiger partial charge in [-0.25, -0.2) is 0 Å². The number of benzene rings is 1. The summed E-state index contributed by atoms with van der Waals surface area (Å²) >= 11 is 0. The first kappa shape index (κ1) is 13.0. The van der Waals surface area contributed by atoms with E-state index in [4.69, 9.17) is 4.74 Å². The predicted octanol–water partition coefficient (Wildman–Crippen LogP) is 4.39. The summed E-state index contributed by atoms with van der Waals surface area (Å²) in [6.07, 6.45) is 11.0. The van der Waals surface area contributed by atoms with Crippen LogP contribution >= 0.6 is 0 Å². The summed E-state index contributed by atoms with van der Waals surface area (Å²) in [5.41, 5.74) is 1.11. The first-order chi connectivity index (χ1) is 8.90. The molecule has 0 amide bonds. The van der Waals surface area contributed by atoms with Crippen LogP contribution < -0.4 is 10.1 Å². The van der Waals surface area contributed by atoms with Crippen molar-refractivity contribution in [1.82, 2.24) is 0 Å². The Morgan fingerprint density at radius 2 is 2.11 bits per heavy atom. The molecule has 1 aliphatic carbocycles. The largest absolute Gasteiger partial charge is 0.492 e. The molecule has 1 aromatic rings. The van der Waals surface area contributed by atoms with E-state index >= 15 is 0 Å². The maximum Gasteiger partial charge on any atom is 0.142 e. The highest BCUT2D eigenvalue weighted by atomic mass is 16.5. The standard InChI is InChI=1S/C16H23NO/c1-2-18-16-13-9-8-12-15(16)17-14-10-6-4-3-5-7-11-14/h6,8-10,12-14,17H,2-5,7,11H2,1H3/b10-6+. The van der Waals surface area contributed by atoms with Gasteiger partial charge in [0.15, 0.2) is 0 Å². The second-order valence-corrected chi connectivity index (χ2v) is 4.75. The molecule has 1 aliphatic rings. The Balaban J connectivity index is 2.04. The first-order valence-electron chi connectivity index (χ1n) is 7.05. The smallest absolute Gasteiger partial charge is 0.142 e. The van der Waals surface area contributed by atoms with Gasteiger partial charge < -0.3 is 10.1 Å². The Labute approximate surface area is 110 Å². The van der Waals surface area contributed by atoms with Gasteiger partial charge >= 0.3 is 0 Å². The Morgan fingerprint density at radius 1 is 1.22 bits per heavy atom. The van der Waals surface area contributed by atoms with Crippen LogP contribution in [-0.4, -0.2) is 12.6 Å². The summed E-state index contributed by atoms with van der Waals surface area (Å²) in [6.45, 7) is 2.73. The molecule has 0 spiro atoms. The van der Waals surface area contributed by atoms with Crippen LogP contribution in [0.5, 0.6) is 5.75 Å². The average molecular weight is 245 g/mol. The molecule has 2 nitrogen and oxygen atoms in total. The zero-order valence-corrected chi connectivity index (χ0v) is 11.2. The minimum atomic E-state index is 0.437. The molecule has 0 saturated heterocycles. The average Bonchev–Trinajstić information content (AvgIpc) is 2.35. The summed E-state index contributed by atoms with van der Waals surface area (Å²) in [5.74, 6) is 0.954. The zero-order valence-electron chi connectivity index (χ0n) is 11.2. The Bertz CT molecular complexity index is 386. The van der Waals surface area contributed by atoms with Gasteiger partial charge in [0.2, 0.25) is 0 Å². The van der Waals surface area contributed by atoms with Crippen molar-refractivity contribution in [2.75, 3.05) is 11.9 Å². The van der Waals surface area contributed by atoms with Crippen molar-refractivity contribution in [1.29, 1.82) is 0 Å². The molecule has 18 heavy (non-hydrogen) atoms. The number of para-hydroxylation sites is 2. The number of ether oxygens (including phenoxy) is 1. The fourth-order valence-corrected chi connectivity index (χ4v) is 2.35. The molecule has 2 rings (SSSR count). The highest BCUT2D eigenvalue weighted by molar-refractivity contribution is 5.57. The molecule has 0 radical (unpaired) electrons. The van der Waals surface area contributed by atoms with E-state index in [0.717, 1.165) is 11.4 Å². The molecular weight excluding hydrogens is 222 g/mol. The van der Waals surface area contributed by atoms with Gasteiger partial charge in [0.25, 0.3) is 0 Å². The van der Waals surface area contributed by atoms with Crippen molar-refractivity contribution >= 4 is 5.69 Å². The number of nitrogens with one attached hydrogen (secondary N) is 1. The summed E-state index contributed by atoms with van der Waals surface area (Å²) < 4.78 is 5.65. The van der Waals surface area contributed by atoms with Gasteiger partial charge in [-0.3, -0.25) is 0 Å². The summed E-state index contributed by atoms with van der Waals surface area (Å²) in [6, 6.07) is 8.63. The molecule has 1 atom stereocenters. The van der Waals surface area contributed by atoms with E-state index in [9.17, 15) is 0 Å². The molecule has 0 aliphatic heterocycles. The van der Waals surface area contributed by atoms with Gasteiger partial charge in [-0.2, -0.15) is 0 Å². The van der Waals surface area contributed by atoms with Crippen LogP contribution in [0.1, 0.15) is 39.0 Å². The molecule has 2 heteroatoms. The van der Waals surface area contributed by atoms with Crippen LogP contribution in [0.15, 0.2) is 36.4 Å². The number of hydrogen-bond donors (Lipinski definition) is 1. The van der Waals surface area contributed by atoms with Crippen molar-refractivity contribution in [2.24, 2.45) is 0 Å². The summed E-state index contributed by atoms with van der Waals surface area (Å²) in [4.78, 5) is 0. The van der Waals surface area contributed by atoms with Gasteiger partial charge in [0.05, 0.1) is 12.3 Å². The van der Waals surface area contributed by atoms with Crippen molar-refractivity contribution in [3.8, 4) is 5.75 Å². The third kappa shape index (κ3) is 3.80. The van der Waals surface area contributed by atoms with Crippen LogP contribution in [0.2, 0.25) is 0 Å². The van der Waals surface area contributed by atoms with Crippen molar-refractivity contribution in [2.45, 2.75) is 45.1 Å². The highest BCUT2D eigenvalue weighted by Crippen LogP contribution is 2.26. The summed E-state index contributed by atoms with van der Waals surface area (Å²) in [5, 5.41) is 3.59. The Morgan fingerprint density at radius 3 is 3.00 bits per heavy atom. The number of hydrogen-bond acceptors (Lipinski definition) is 2. The monoisotopic (exact) mass is 245 g/mol. The Kier molecular flexibility index (Phi) is 5.13. The molecule has 1 aromatic carbocycles. The van der Waals surface area contributed by atoms with Gasteiger partial charge in [0.1, 0.15) is 5.75 Å². The molecule has 0 aromatic heterocycles. The van der Waals surface area contributed by atoms with E-state index in [0.29, 0.717) is 12.6 Å². The van der Waals surface area contributed by atoms with Gasteiger partial charge in [-0.1, -0.05) is 37.1 Å². The predicted molar refractivity (Wildman–Crippen MR) is 77.2 cm³/mol. The number of anilines is 1. The van der Waals surface area contributed by atoms with Gasteiger partial charge in [0, 0.05) is 6.04 Å². The van der Waals surface area contributed by atoms with E-state index in [1.165, 1.54) is 32.1 Å². The molecule has 0 saturated carbocycles. The van der Waals surface area contributed by atoms with Crippen LogP contribution in [0.3, 0.4) is 0 Å². The summed E-state index contributed by atoms with van der Waals surface area (Å²) in [7, 11) is 0. The van der Waals surface area contributed by atoms with Crippen LogP contribution in [0, 0.1) is 0 Å². The molecule has 1 unspecified atom stereocenters. The molecule has 0 fully saturated rings. The molecule has 0 bridgehead atoms. The first-order valence-corrected chi connectivity index (χ1v) is 7.05. The minimum Gasteiger partial charge on any atom is -0.492 e. The van der Waals surface area contributed by atoms with Crippen LogP contribution in [0.4, 0.5) is 5.69 Å². The van der Waals surface area contributed by atoms with Crippen LogP contribution in [-0.2, 0) is 0 Å². The second-order valence-electron chi connectivity index (χ2n) is 4.75. The second kappa shape index (κ2) is 7.10. The lowest BCUT2D eigenvalue weighted by atomic mass is 10.0. The minimum absolute atomic E-state index is 0.437. The molecule has 1 N–H and O–H groups in total. The lowest BCUT2D eigenvalue weighted by molar-refractivity contribution is 0.341. The fourth-order valence-electron chi connectivity index (χ4n) is 2.35. The SMILES string of the molecule is CCOc1ccccc1NC1/C=C/CCCCC1. The molecule has 98 valence electrons. The topological polar surface area (TPSA) is 21.3 Å². The maximum absolute atomic E-state index is 5.65. The lowest BCUT2D eigenvalue weighted by Gasteiger charge is -2.20. The van der Waals surface area contributed by atoms with E-state index in [1.807, 2.05) is 19.1 Å².